The average Bonchev–Trinajstić information content (AvgIpc) is 3.10. The monoisotopic (exact) mass is 299 g/mol. The summed E-state index contributed by atoms with van der Waals surface area (Å²) in [6.45, 7) is 2.52. The van der Waals surface area contributed by atoms with E-state index in [1.165, 1.54) is 10.4 Å². The van der Waals surface area contributed by atoms with Crippen molar-refractivity contribution in [1.29, 1.82) is 0 Å². The first-order valence-corrected chi connectivity index (χ1v) is 8.23. The van der Waals surface area contributed by atoms with Crippen LogP contribution in [-0.4, -0.2) is 37.2 Å². The molecule has 0 spiro atoms. The summed E-state index contributed by atoms with van der Waals surface area (Å²) in [4.78, 5) is 11.3. The molecule has 1 saturated heterocycles. The quantitative estimate of drug-likeness (QED) is 0.825. The summed E-state index contributed by atoms with van der Waals surface area (Å²) in [6.07, 6.45) is 1.97. The average molecular weight is 299 g/mol. The smallest absolute Gasteiger partial charge is 0.339 e. The van der Waals surface area contributed by atoms with Crippen molar-refractivity contribution in [2.45, 2.75) is 37.5 Å². The predicted octanol–water partition coefficient (Wildman–Crippen LogP) is 0.894. The molecule has 2 fully saturated rings. The van der Waals surface area contributed by atoms with Gasteiger partial charge in [0.05, 0.1) is 17.9 Å². The summed E-state index contributed by atoms with van der Waals surface area (Å²) in [5.41, 5.74) is -0.458. The molecule has 1 aromatic rings. The Balaban J connectivity index is 1.67. The van der Waals surface area contributed by atoms with Gasteiger partial charge < -0.3 is 9.15 Å². The Kier molecular flexibility index (Phi) is 3.33. The minimum atomic E-state index is -3.13. The molecular formula is C13H17NO5S. The van der Waals surface area contributed by atoms with E-state index < -0.39 is 15.6 Å². The predicted molar refractivity (Wildman–Crippen MR) is 72.3 cm³/mol. The van der Waals surface area contributed by atoms with Crippen LogP contribution in [0.4, 0.5) is 0 Å². The highest BCUT2D eigenvalue weighted by Crippen LogP contribution is 2.33. The fourth-order valence-electron chi connectivity index (χ4n) is 2.44. The zero-order chi connectivity index (χ0) is 14.3. The SMILES string of the molecule is Cc1cc(O[C@@H]2CCN(S(=O)(=O)C3CC3)C2)cc(=O)o1. The van der Waals surface area contributed by atoms with E-state index in [2.05, 4.69) is 0 Å². The van der Waals surface area contributed by atoms with E-state index in [0.717, 1.165) is 12.8 Å². The van der Waals surface area contributed by atoms with Crippen LogP contribution in [-0.2, 0) is 10.0 Å². The number of ether oxygens (including phenoxy) is 1. The van der Waals surface area contributed by atoms with Crippen LogP contribution >= 0.6 is 0 Å². The summed E-state index contributed by atoms with van der Waals surface area (Å²) in [6, 6.07) is 2.92. The summed E-state index contributed by atoms with van der Waals surface area (Å²) in [7, 11) is -3.13. The van der Waals surface area contributed by atoms with Crippen LogP contribution in [0, 0.1) is 6.92 Å². The van der Waals surface area contributed by atoms with Crippen molar-refractivity contribution >= 4 is 10.0 Å². The summed E-state index contributed by atoms with van der Waals surface area (Å²) in [5, 5.41) is -0.188. The molecule has 6 nitrogen and oxygen atoms in total. The Morgan fingerprint density at radius 1 is 1.30 bits per heavy atom. The maximum Gasteiger partial charge on any atom is 0.339 e. The molecule has 0 unspecified atom stereocenters. The van der Waals surface area contributed by atoms with Gasteiger partial charge in [-0.25, -0.2) is 13.2 Å². The third kappa shape index (κ3) is 2.73. The number of rotatable bonds is 4. The second kappa shape index (κ2) is 4.89. The molecule has 0 bridgehead atoms. The molecule has 1 aliphatic heterocycles. The van der Waals surface area contributed by atoms with Crippen LogP contribution in [0.2, 0.25) is 0 Å². The molecule has 0 aromatic carbocycles. The van der Waals surface area contributed by atoms with Crippen molar-refractivity contribution in [3.05, 3.63) is 28.3 Å². The molecule has 2 aliphatic rings. The maximum absolute atomic E-state index is 12.1. The van der Waals surface area contributed by atoms with Crippen LogP contribution in [0.15, 0.2) is 21.3 Å². The number of aryl methyl sites for hydroxylation is 1. The number of sulfonamides is 1. The number of hydrogen-bond acceptors (Lipinski definition) is 5. The lowest BCUT2D eigenvalue weighted by Crippen LogP contribution is -2.33. The standard InChI is InChI=1S/C13H17NO5S/c1-9-6-11(7-13(15)18-9)19-10-4-5-14(8-10)20(16,17)12-2-3-12/h6-7,10,12H,2-5,8H2,1H3/t10-/m1/s1. The topological polar surface area (TPSA) is 76.8 Å². The molecule has 1 aromatic heterocycles. The van der Waals surface area contributed by atoms with Gasteiger partial charge in [0.2, 0.25) is 10.0 Å². The van der Waals surface area contributed by atoms with E-state index in [9.17, 15) is 13.2 Å². The molecule has 20 heavy (non-hydrogen) atoms. The Bertz CT molecular complexity index is 662. The molecule has 1 aliphatic carbocycles. The molecule has 0 amide bonds. The van der Waals surface area contributed by atoms with Gasteiger partial charge in [0.25, 0.3) is 0 Å². The first-order chi connectivity index (χ1) is 9.45. The Morgan fingerprint density at radius 2 is 2.05 bits per heavy atom. The van der Waals surface area contributed by atoms with E-state index in [-0.39, 0.29) is 11.4 Å². The van der Waals surface area contributed by atoms with Crippen molar-refractivity contribution in [2.24, 2.45) is 0 Å². The third-order valence-corrected chi connectivity index (χ3v) is 5.95. The lowest BCUT2D eigenvalue weighted by atomic mass is 10.3. The first kappa shape index (κ1) is 13.6. The van der Waals surface area contributed by atoms with E-state index in [4.69, 9.17) is 9.15 Å². The zero-order valence-electron chi connectivity index (χ0n) is 11.2. The number of nitrogens with zero attached hydrogens (tertiary/aromatic N) is 1. The maximum atomic E-state index is 12.1. The van der Waals surface area contributed by atoms with E-state index in [1.54, 1.807) is 13.0 Å². The van der Waals surface area contributed by atoms with Crippen LogP contribution < -0.4 is 10.4 Å². The highest BCUT2D eigenvalue weighted by Gasteiger charge is 2.43. The summed E-state index contributed by atoms with van der Waals surface area (Å²) in [5.74, 6) is 0.919. The van der Waals surface area contributed by atoms with Crippen LogP contribution in [0.5, 0.6) is 5.75 Å². The zero-order valence-corrected chi connectivity index (χ0v) is 12.1. The molecule has 3 rings (SSSR count). The van der Waals surface area contributed by atoms with Crippen molar-refractivity contribution in [1.82, 2.24) is 4.31 Å². The van der Waals surface area contributed by atoms with Crippen molar-refractivity contribution in [3.8, 4) is 5.75 Å². The first-order valence-electron chi connectivity index (χ1n) is 6.72. The fraction of sp³-hybridized carbons (Fsp3) is 0.615. The van der Waals surface area contributed by atoms with E-state index >= 15 is 0 Å². The molecule has 0 N–H and O–H groups in total. The molecule has 0 radical (unpaired) electrons. The van der Waals surface area contributed by atoms with E-state index in [1.807, 2.05) is 0 Å². The minimum Gasteiger partial charge on any atom is -0.489 e. The Morgan fingerprint density at radius 3 is 2.70 bits per heavy atom. The Hall–Kier alpha value is -1.34. The largest absolute Gasteiger partial charge is 0.489 e. The van der Waals surface area contributed by atoms with Crippen LogP contribution in [0.1, 0.15) is 25.0 Å². The second-order valence-electron chi connectivity index (χ2n) is 5.35. The van der Waals surface area contributed by atoms with Gasteiger partial charge in [-0.1, -0.05) is 0 Å². The van der Waals surface area contributed by atoms with Crippen LogP contribution in [0.3, 0.4) is 0 Å². The van der Waals surface area contributed by atoms with Gasteiger partial charge in [0.1, 0.15) is 17.6 Å². The Labute approximate surface area is 117 Å². The molecule has 110 valence electrons. The molecule has 2 heterocycles. The van der Waals surface area contributed by atoms with Gasteiger partial charge >= 0.3 is 5.63 Å². The highest BCUT2D eigenvalue weighted by atomic mass is 32.2. The molecule has 1 saturated carbocycles. The van der Waals surface area contributed by atoms with Gasteiger partial charge in [0, 0.05) is 12.6 Å². The molecular weight excluding hydrogens is 282 g/mol. The third-order valence-electron chi connectivity index (χ3n) is 3.58. The van der Waals surface area contributed by atoms with Crippen molar-refractivity contribution < 1.29 is 17.6 Å². The fourth-order valence-corrected chi connectivity index (χ4v) is 4.33. The van der Waals surface area contributed by atoms with Gasteiger partial charge in [-0.2, -0.15) is 4.31 Å². The summed E-state index contributed by atoms with van der Waals surface area (Å²) >= 11 is 0. The molecule has 1 atom stereocenters. The lowest BCUT2D eigenvalue weighted by molar-refractivity contribution is 0.213. The molecule has 7 heteroatoms. The number of hydrogen-bond donors (Lipinski definition) is 0. The van der Waals surface area contributed by atoms with Gasteiger partial charge in [-0.3, -0.25) is 0 Å². The van der Waals surface area contributed by atoms with Gasteiger partial charge in [-0.05, 0) is 26.2 Å². The van der Waals surface area contributed by atoms with Crippen molar-refractivity contribution in [2.75, 3.05) is 13.1 Å². The van der Waals surface area contributed by atoms with Gasteiger partial charge in [0.15, 0.2) is 0 Å². The van der Waals surface area contributed by atoms with Crippen LogP contribution in [0.25, 0.3) is 0 Å². The minimum absolute atomic E-state index is 0.188. The van der Waals surface area contributed by atoms with Crippen molar-refractivity contribution in [3.63, 3.8) is 0 Å². The lowest BCUT2D eigenvalue weighted by Gasteiger charge is -2.16. The highest BCUT2D eigenvalue weighted by molar-refractivity contribution is 7.90. The second-order valence-corrected chi connectivity index (χ2v) is 7.57. The normalized spacial score (nSPS) is 23.9. The summed E-state index contributed by atoms with van der Waals surface area (Å²) < 4.78 is 36.3. The van der Waals surface area contributed by atoms with Gasteiger partial charge in [-0.15, -0.1) is 0 Å². The van der Waals surface area contributed by atoms with E-state index in [0.29, 0.717) is 31.0 Å².